The molecule has 26 heavy (non-hydrogen) atoms. The molecule has 138 valence electrons. The van der Waals surface area contributed by atoms with Gasteiger partial charge in [-0.2, -0.15) is 0 Å². The van der Waals surface area contributed by atoms with Crippen LogP contribution in [0.4, 0.5) is 11.4 Å². The number of hydrogen-bond acceptors (Lipinski definition) is 5. The van der Waals surface area contributed by atoms with E-state index in [4.69, 9.17) is 10.5 Å². The molecule has 0 fully saturated rings. The lowest BCUT2D eigenvalue weighted by Gasteiger charge is -2.13. The summed E-state index contributed by atoms with van der Waals surface area (Å²) in [5.74, 6) is -0.589. The zero-order valence-corrected chi connectivity index (χ0v) is 15.1. The van der Waals surface area contributed by atoms with E-state index in [0.29, 0.717) is 12.4 Å². The van der Waals surface area contributed by atoms with E-state index in [0.717, 1.165) is 0 Å². The van der Waals surface area contributed by atoms with Crippen molar-refractivity contribution in [1.29, 1.82) is 0 Å². The Kier molecular flexibility index (Phi) is 5.83. The molecule has 0 unspecified atom stereocenters. The standard InChI is InChI=1S/C17H19N3O5S/c1-3-25-16-9-8-14(10-15(16)19-11(2)21)26(23,24)20-13-6-4-12(5-7-13)17(18)22/h4-10,20H,3H2,1-2H3,(H2,18,22)(H,19,21). The average Bonchev–Trinajstić information content (AvgIpc) is 2.56. The van der Waals surface area contributed by atoms with Crippen LogP contribution in [-0.4, -0.2) is 26.8 Å². The average molecular weight is 377 g/mol. The third-order valence-electron chi connectivity index (χ3n) is 3.29. The van der Waals surface area contributed by atoms with Crippen LogP contribution in [0.1, 0.15) is 24.2 Å². The number of ether oxygens (including phenoxy) is 1. The van der Waals surface area contributed by atoms with Gasteiger partial charge in [-0.15, -0.1) is 0 Å². The lowest BCUT2D eigenvalue weighted by molar-refractivity contribution is -0.114. The smallest absolute Gasteiger partial charge is 0.261 e. The minimum Gasteiger partial charge on any atom is -0.492 e. The Morgan fingerprint density at radius 3 is 2.31 bits per heavy atom. The Morgan fingerprint density at radius 1 is 1.12 bits per heavy atom. The molecule has 9 heteroatoms. The van der Waals surface area contributed by atoms with Crippen molar-refractivity contribution in [3.05, 3.63) is 48.0 Å². The Bertz CT molecular complexity index is 924. The summed E-state index contributed by atoms with van der Waals surface area (Å²) in [4.78, 5) is 22.4. The van der Waals surface area contributed by atoms with Crippen LogP contribution in [0.15, 0.2) is 47.4 Å². The van der Waals surface area contributed by atoms with Gasteiger partial charge in [0, 0.05) is 18.2 Å². The SMILES string of the molecule is CCOc1ccc(S(=O)(=O)Nc2ccc(C(N)=O)cc2)cc1NC(C)=O. The molecule has 2 aromatic carbocycles. The fourth-order valence-electron chi connectivity index (χ4n) is 2.16. The van der Waals surface area contributed by atoms with Crippen LogP contribution in [-0.2, 0) is 14.8 Å². The largest absolute Gasteiger partial charge is 0.492 e. The lowest BCUT2D eigenvalue weighted by atomic mass is 10.2. The van der Waals surface area contributed by atoms with Gasteiger partial charge in [-0.3, -0.25) is 14.3 Å². The second-order valence-electron chi connectivity index (χ2n) is 5.32. The number of nitrogens with two attached hydrogens (primary N) is 1. The summed E-state index contributed by atoms with van der Waals surface area (Å²) in [6.45, 7) is 3.46. The molecule has 0 saturated heterocycles. The molecule has 0 aliphatic rings. The second kappa shape index (κ2) is 7.87. The van der Waals surface area contributed by atoms with E-state index in [-0.39, 0.29) is 27.7 Å². The van der Waals surface area contributed by atoms with Crippen molar-refractivity contribution in [2.24, 2.45) is 5.73 Å². The van der Waals surface area contributed by atoms with Crippen LogP contribution in [0.3, 0.4) is 0 Å². The van der Waals surface area contributed by atoms with E-state index in [2.05, 4.69) is 10.0 Å². The van der Waals surface area contributed by atoms with Crippen molar-refractivity contribution in [3.63, 3.8) is 0 Å². The predicted octanol–water partition coefficient (Wildman–Crippen LogP) is 1.94. The lowest BCUT2D eigenvalue weighted by Crippen LogP contribution is -2.15. The number of rotatable bonds is 7. The molecule has 0 spiro atoms. The van der Waals surface area contributed by atoms with Gasteiger partial charge in [0.05, 0.1) is 17.2 Å². The number of hydrogen-bond donors (Lipinski definition) is 3. The van der Waals surface area contributed by atoms with Crippen LogP contribution in [0.5, 0.6) is 5.75 Å². The van der Waals surface area contributed by atoms with Crippen molar-refractivity contribution in [2.75, 3.05) is 16.6 Å². The minimum atomic E-state index is -3.91. The van der Waals surface area contributed by atoms with E-state index in [1.54, 1.807) is 6.92 Å². The zero-order valence-electron chi connectivity index (χ0n) is 14.3. The number of sulfonamides is 1. The monoisotopic (exact) mass is 377 g/mol. The Hall–Kier alpha value is -3.07. The third kappa shape index (κ3) is 4.73. The van der Waals surface area contributed by atoms with Crippen LogP contribution >= 0.6 is 0 Å². The molecule has 0 aliphatic heterocycles. The molecule has 2 rings (SSSR count). The van der Waals surface area contributed by atoms with Gasteiger partial charge in [0.2, 0.25) is 11.8 Å². The van der Waals surface area contributed by atoms with Crippen molar-refractivity contribution in [3.8, 4) is 5.75 Å². The first-order valence-electron chi connectivity index (χ1n) is 7.70. The fourth-order valence-corrected chi connectivity index (χ4v) is 3.25. The Labute approximate surface area is 151 Å². The number of benzene rings is 2. The molecular weight excluding hydrogens is 358 g/mol. The predicted molar refractivity (Wildman–Crippen MR) is 97.7 cm³/mol. The van der Waals surface area contributed by atoms with Gasteiger partial charge < -0.3 is 15.8 Å². The molecule has 2 amide bonds. The molecule has 4 N–H and O–H groups in total. The van der Waals surface area contributed by atoms with E-state index in [9.17, 15) is 18.0 Å². The van der Waals surface area contributed by atoms with E-state index < -0.39 is 15.9 Å². The molecule has 0 bridgehead atoms. The molecule has 0 aromatic heterocycles. The van der Waals surface area contributed by atoms with Gasteiger partial charge in [0.15, 0.2) is 0 Å². The number of primary amides is 1. The summed E-state index contributed by atoms with van der Waals surface area (Å²) < 4.78 is 32.9. The van der Waals surface area contributed by atoms with Crippen LogP contribution in [0.25, 0.3) is 0 Å². The maximum absolute atomic E-state index is 12.6. The topological polar surface area (TPSA) is 128 Å². The molecule has 2 aromatic rings. The van der Waals surface area contributed by atoms with Crippen molar-refractivity contribution in [1.82, 2.24) is 0 Å². The van der Waals surface area contributed by atoms with Gasteiger partial charge in [-0.1, -0.05) is 0 Å². The zero-order chi connectivity index (χ0) is 19.3. The summed E-state index contributed by atoms with van der Waals surface area (Å²) in [5.41, 5.74) is 5.94. The summed E-state index contributed by atoms with van der Waals surface area (Å²) >= 11 is 0. The molecule has 8 nitrogen and oxygen atoms in total. The quantitative estimate of drug-likeness (QED) is 0.679. The highest BCUT2D eigenvalue weighted by atomic mass is 32.2. The fraction of sp³-hybridized carbons (Fsp3) is 0.176. The molecule has 0 radical (unpaired) electrons. The highest BCUT2D eigenvalue weighted by molar-refractivity contribution is 7.92. The third-order valence-corrected chi connectivity index (χ3v) is 4.67. The number of carbonyl (C=O) groups excluding carboxylic acids is 2. The summed E-state index contributed by atoms with van der Waals surface area (Å²) in [6.07, 6.45) is 0. The van der Waals surface area contributed by atoms with Gasteiger partial charge in [-0.05, 0) is 49.4 Å². The van der Waals surface area contributed by atoms with Crippen molar-refractivity contribution >= 4 is 33.2 Å². The number of anilines is 2. The van der Waals surface area contributed by atoms with Gasteiger partial charge in [0.25, 0.3) is 10.0 Å². The molecule has 0 heterocycles. The Morgan fingerprint density at radius 2 is 1.77 bits per heavy atom. The number of nitrogens with one attached hydrogen (secondary N) is 2. The summed E-state index contributed by atoms with van der Waals surface area (Å²) in [5, 5.41) is 2.55. The summed E-state index contributed by atoms with van der Waals surface area (Å²) in [6, 6.07) is 9.85. The van der Waals surface area contributed by atoms with Crippen molar-refractivity contribution < 1.29 is 22.7 Å². The summed E-state index contributed by atoms with van der Waals surface area (Å²) in [7, 11) is -3.91. The first-order chi connectivity index (χ1) is 12.2. The number of carbonyl (C=O) groups is 2. The highest BCUT2D eigenvalue weighted by Crippen LogP contribution is 2.29. The van der Waals surface area contributed by atoms with Gasteiger partial charge in [0.1, 0.15) is 5.75 Å². The van der Waals surface area contributed by atoms with Crippen LogP contribution in [0, 0.1) is 0 Å². The first-order valence-corrected chi connectivity index (χ1v) is 9.18. The Balaban J connectivity index is 2.32. The molecule has 0 saturated carbocycles. The molecule has 0 atom stereocenters. The molecule has 0 aliphatic carbocycles. The molecular formula is C17H19N3O5S. The van der Waals surface area contributed by atoms with E-state index in [1.165, 1.54) is 49.4 Å². The second-order valence-corrected chi connectivity index (χ2v) is 7.00. The van der Waals surface area contributed by atoms with Crippen LogP contribution in [0.2, 0.25) is 0 Å². The normalized spacial score (nSPS) is 10.8. The van der Waals surface area contributed by atoms with E-state index >= 15 is 0 Å². The number of amides is 2. The maximum atomic E-state index is 12.6. The maximum Gasteiger partial charge on any atom is 0.261 e. The highest BCUT2D eigenvalue weighted by Gasteiger charge is 2.17. The van der Waals surface area contributed by atoms with Crippen LogP contribution < -0.4 is 20.5 Å². The minimum absolute atomic E-state index is 0.0521. The van der Waals surface area contributed by atoms with E-state index in [1.807, 2.05) is 0 Å². The first kappa shape index (κ1) is 19.3. The van der Waals surface area contributed by atoms with Gasteiger partial charge in [-0.25, -0.2) is 8.42 Å². The van der Waals surface area contributed by atoms with Gasteiger partial charge >= 0.3 is 0 Å². The van der Waals surface area contributed by atoms with Crippen molar-refractivity contribution in [2.45, 2.75) is 18.7 Å².